The van der Waals surface area contributed by atoms with E-state index < -0.39 is 17.6 Å². The summed E-state index contributed by atoms with van der Waals surface area (Å²) < 4.78 is 13.9. The molecule has 3 aromatic rings. The van der Waals surface area contributed by atoms with Crippen LogP contribution in [0.15, 0.2) is 48.5 Å². The lowest BCUT2D eigenvalue weighted by atomic mass is 9.61. The number of fused-ring (bicyclic) bond motifs is 1. The Labute approximate surface area is 259 Å². The molecule has 43 heavy (non-hydrogen) atoms. The van der Waals surface area contributed by atoms with Crippen molar-refractivity contribution in [3.63, 3.8) is 0 Å². The number of benzene rings is 2. The highest BCUT2D eigenvalue weighted by atomic mass is 16.5. The van der Waals surface area contributed by atoms with Gasteiger partial charge in [-0.05, 0) is 80.0 Å². The SMILES string of the molecule is CCc1ccccc1-c1cc2ccc(OCCCC(O)C(O)CCCOC(=O)C(C)(CC(C)(C)C)C(C)(C)C)cc2n1C. The van der Waals surface area contributed by atoms with E-state index in [-0.39, 0.29) is 23.4 Å². The fourth-order valence-corrected chi connectivity index (χ4v) is 5.92. The predicted molar refractivity (Wildman–Crippen MR) is 176 cm³/mol. The first-order valence-electron chi connectivity index (χ1n) is 15.9. The summed E-state index contributed by atoms with van der Waals surface area (Å²) in [6, 6.07) is 16.9. The van der Waals surface area contributed by atoms with Crippen LogP contribution in [0.25, 0.3) is 22.2 Å². The number of rotatable bonds is 14. The first kappa shape index (κ1) is 34.7. The van der Waals surface area contributed by atoms with E-state index in [2.05, 4.69) is 103 Å². The molecular weight excluding hydrogens is 538 g/mol. The second-order valence-electron chi connectivity index (χ2n) is 14.5. The Hall–Kier alpha value is -2.83. The van der Waals surface area contributed by atoms with Crippen LogP contribution in [-0.4, -0.2) is 46.2 Å². The molecule has 3 unspecified atom stereocenters. The van der Waals surface area contributed by atoms with Gasteiger partial charge in [-0.15, -0.1) is 0 Å². The molecule has 0 spiro atoms. The summed E-state index contributed by atoms with van der Waals surface area (Å²) in [7, 11) is 2.09. The van der Waals surface area contributed by atoms with E-state index >= 15 is 0 Å². The molecule has 0 fully saturated rings. The molecule has 0 saturated carbocycles. The van der Waals surface area contributed by atoms with Gasteiger partial charge in [-0.3, -0.25) is 4.79 Å². The summed E-state index contributed by atoms with van der Waals surface area (Å²) in [6.07, 6.45) is 1.89. The van der Waals surface area contributed by atoms with Gasteiger partial charge in [0.1, 0.15) is 5.75 Å². The van der Waals surface area contributed by atoms with Gasteiger partial charge in [-0.1, -0.05) is 72.7 Å². The van der Waals surface area contributed by atoms with Crippen LogP contribution in [0.5, 0.6) is 5.75 Å². The molecule has 6 heteroatoms. The molecule has 0 aliphatic carbocycles. The molecule has 0 aliphatic heterocycles. The summed E-state index contributed by atoms with van der Waals surface area (Å²) in [5.41, 5.74) is 4.00. The monoisotopic (exact) mass is 593 g/mol. The lowest BCUT2D eigenvalue weighted by Crippen LogP contribution is -2.44. The quantitative estimate of drug-likeness (QED) is 0.146. The molecule has 1 aromatic heterocycles. The Balaban J connectivity index is 1.44. The number of aliphatic hydroxyl groups excluding tert-OH is 2. The molecule has 0 amide bonds. The third kappa shape index (κ3) is 8.86. The van der Waals surface area contributed by atoms with E-state index in [0.717, 1.165) is 29.5 Å². The lowest BCUT2D eigenvalue weighted by Gasteiger charge is -2.43. The van der Waals surface area contributed by atoms with E-state index in [9.17, 15) is 15.0 Å². The molecule has 3 rings (SSSR count). The highest BCUT2D eigenvalue weighted by Gasteiger charge is 2.47. The normalized spacial score (nSPS) is 15.2. The van der Waals surface area contributed by atoms with E-state index in [1.165, 1.54) is 16.8 Å². The number of aryl methyl sites for hydroxylation is 2. The van der Waals surface area contributed by atoms with Crippen LogP contribution in [0.3, 0.4) is 0 Å². The van der Waals surface area contributed by atoms with E-state index in [0.29, 0.717) is 32.3 Å². The van der Waals surface area contributed by atoms with Gasteiger partial charge in [-0.2, -0.15) is 0 Å². The number of aliphatic hydroxyl groups is 2. The lowest BCUT2D eigenvalue weighted by molar-refractivity contribution is -0.165. The van der Waals surface area contributed by atoms with Crippen molar-refractivity contribution >= 4 is 16.9 Å². The standard InChI is InChI=1S/C37H55NO5/c1-10-26-15-11-12-16-29(26)31-23-27-19-20-28(24-30(27)38(31)9)42-21-13-17-32(39)33(40)18-14-22-43-34(41)37(8,36(5,6)7)25-35(2,3)4/h11-12,15-16,19-20,23-24,32-33,39-40H,10,13-14,17-18,21-22,25H2,1-9H3. The second kappa shape index (κ2) is 14.3. The number of hydrogen-bond acceptors (Lipinski definition) is 5. The number of ether oxygens (including phenoxy) is 2. The van der Waals surface area contributed by atoms with E-state index in [4.69, 9.17) is 9.47 Å². The molecule has 0 radical (unpaired) electrons. The molecule has 6 nitrogen and oxygen atoms in total. The van der Waals surface area contributed by atoms with E-state index in [1.807, 2.05) is 13.0 Å². The minimum Gasteiger partial charge on any atom is -0.494 e. The minimum absolute atomic E-state index is 0.0100. The Kier molecular flexibility index (Phi) is 11.5. The maximum absolute atomic E-state index is 13.1. The van der Waals surface area contributed by atoms with Gasteiger partial charge in [0.05, 0.1) is 36.4 Å². The molecule has 0 bridgehead atoms. The maximum atomic E-state index is 13.1. The zero-order valence-electron chi connectivity index (χ0n) is 28.0. The van der Waals surface area contributed by atoms with Crippen molar-refractivity contribution in [3.05, 3.63) is 54.1 Å². The fourth-order valence-electron chi connectivity index (χ4n) is 5.92. The summed E-state index contributed by atoms with van der Waals surface area (Å²) in [5, 5.41) is 22.2. The number of hydrogen-bond donors (Lipinski definition) is 2. The predicted octanol–water partition coefficient (Wildman–Crippen LogP) is 8.10. The Bertz CT molecular complexity index is 1350. The zero-order chi connectivity index (χ0) is 32.0. The molecule has 2 N–H and O–H groups in total. The van der Waals surface area contributed by atoms with Crippen molar-refractivity contribution in [2.45, 2.75) is 106 Å². The summed E-state index contributed by atoms with van der Waals surface area (Å²) in [5.74, 6) is 0.590. The van der Waals surface area contributed by atoms with Crippen molar-refractivity contribution < 1.29 is 24.5 Å². The Morgan fingerprint density at radius 2 is 1.51 bits per heavy atom. The van der Waals surface area contributed by atoms with Gasteiger partial charge in [0.2, 0.25) is 0 Å². The van der Waals surface area contributed by atoms with Crippen molar-refractivity contribution in [1.29, 1.82) is 0 Å². The van der Waals surface area contributed by atoms with Crippen LogP contribution in [0.2, 0.25) is 0 Å². The number of nitrogens with zero attached hydrogens (tertiary/aromatic N) is 1. The van der Waals surface area contributed by atoms with Gasteiger partial charge in [0.25, 0.3) is 0 Å². The molecule has 2 aromatic carbocycles. The highest BCUT2D eigenvalue weighted by molar-refractivity contribution is 5.88. The van der Waals surface area contributed by atoms with Crippen LogP contribution in [0.1, 0.15) is 93.1 Å². The molecule has 1 heterocycles. The molecule has 3 atom stereocenters. The van der Waals surface area contributed by atoms with Crippen LogP contribution in [0.4, 0.5) is 0 Å². The first-order chi connectivity index (χ1) is 20.1. The van der Waals surface area contributed by atoms with Crippen molar-refractivity contribution in [2.75, 3.05) is 13.2 Å². The van der Waals surface area contributed by atoms with Crippen molar-refractivity contribution in [3.8, 4) is 17.0 Å². The summed E-state index contributed by atoms with van der Waals surface area (Å²) in [6.45, 7) is 17.5. The van der Waals surface area contributed by atoms with Gasteiger partial charge >= 0.3 is 5.97 Å². The smallest absolute Gasteiger partial charge is 0.312 e. The fraction of sp³-hybridized carbons (Fsp3) is 0.595. The first-order valence-corrected chi connectivity index (χ1v) is 15.9. The number of aromatic nitrogens is 1. The third-order valence-corrected chi connectivity index (χ3v) is 8.92. The maximum Gasteiger partial charge on any atom is 0.312 e. The van der Waals surface area contributed by atoms with Crippen LogP contribution >= 0.6 is 0 Å². The molecule has 0 saturated heterocycles. The van der Waals surface area contributed by atoms with Gasteiger partial charge in [-0.25, -0.2) is 0 Å². The number of esters is 1. The molecule has 238 valence electrons. The van der Waals surface area contributed by atoms with Gasteiger partial charge < -0.3 is 24.3 Å². The van der Waals surface area contributed by atoms with E-state index in [1.54, 1.807) is 0 Å². The highest BCUT2D eigenvalue weighted by Crippen LogP contribution is 2.47. The number of carbonyl (C=O) groups excluding carboxylic acids is 1. The van der Waals surface area contributed by atoms with Crippen LogP contribution < -0.4 is 4.74 Å². The van der Waals surface area contributed by atoms with Crippen LogP contribution in [0, 0.1) is 16.2 Å². The average Bonchev–Trinajstić information content (AvgIpc) is 3.26. The molecular formula is C37H55NO5. The van der Waals surface area contributed by atoms with Crippen LogP contribution in [-0.2, 0) is 23.0 Å². The third-order valence-electron chi connectivity index (χ3n) is 8.92. The van der Waals surface area contributed by atoms with Gasteiger partial charge in [0.15, 0.2) is 0 Å². The Morgan fingerprint density at radius 3 is 2.12 bits per heavy atom. The Morgan fingerprint density at radius 1 is 0.884 bits per heavy atom. The van der Waals surface area contributed by atoms with Crippen molar-refractivity contribution in [1.82, 2.24) is 4.57 Å². The second-order valence-corrected chi connectivity index (χ2v) is 14.5. The largest absolute Gasteiger partial charge is 0.494 e. The average molecular weight is 594 g/mol. The summed E-state index contributed by atoms with van der Waals surface area (Å²) in [4.78, 5) is 13.1. The molecule has 0 aliphatic rings. The topological polar surface area (TPSA) is 80.9 Å². The number of carbonyl (C=O) groups is 1. The minimum atomic E-state index is -0.869. The van der Waals surface area contributed by atoms with Crippen molar-refractivity contribution in [2.24, 2.45) is 23.3 Å². The zero-order valence-corrected chi connectivity index (χ0v) is 28.0. The van der Waals surface area contributed by atoms with Gasteiger partial charge in [0, 0.05) is 29.8 Å². The summed E-state index contributed by atoms with van der Waals surface area (Å²) >= 11 is 0.